The minimum atomic E-state index is -1.02. The highest BCUT2D eigenvalue weighted by molar-refractivity contribution is 6.51. The lowest BCUT2D eigenvalue weighted by molar-refractivity contribution is -0.132. The van der Waals surface area contributed by atoms with Crippen molar-refractivity contribution < 1.29 is 23.8 Å². The number of methoxy groups -OCH3 is 1. The molecule has 1 saturated heterocycles. The van der Waals surface area contributed by atoms with Crippen LogP contribution in [0.25, 0.3) is 5.76 Å². The minimum absolute atomic E-state index is 0.130. The summed E-state index contributed by atoms with van der Waals surface area (Å²) in [6, 6.07) is 14.1. The summed E-state index contributed by atoms with van der Waals surface area (Å²) in [5.74, 6) is -2.21. The highest BCUT2D eigenvalue weighted by Crippen LogP contribution is 2.42. The van der Waals surface area contributed by atoms with Crippen LogP contribution in [0.4, 0.5) is 10.1 Å². The number of hydrogen-bond donors (Lipinski definition) is 1. The molecule has 4 rings (SSSR count). The first kappa shape index (κ1) is 20.6. The maximum atomic E-state index is 13.7. The summed E-state index contributed by atoms with van der Waals surface area (Å²) in [4.78, 5) is 31.4. The molecule has 0 spiro atoms. The molecule has 1 aromatic heterocycles. The quantitative estimate of drug-likeness (QED) is 0.368. The van der Waals surface area contributed by atoms with E-state index >= 15 is 0 Å². The van der Waals surface area contributed by atoms with Crippen LogP contribution in [0.1, 0.15) is 17.3 Å². The second kappa shape index (κ2) is 8.20. The second-order valence-corrected chi connectivity index (χ2v) is 7.16. The molecule has 2 aromatic carbocycles. The number of Topliss-reactive ketones (excluding diaryl/α,β-unsaturated/α-hetero) is 1. The van der Waals surface area contributed by atoms with Crippen LogP contribution < -0.4 is 9.64 Å². The number of amides is 1. The Bertz CT molecular complexity index is 1200. The SMILES string of the molecule is COc1ccc(/C(O)=C2\C(=O)C(=O)N(c3ccc(F)c(Cl)c3)C2c2ccccn2)cc1. The van der Waals surface area contributed by atoms with Crippen molar-refractivity contribution in [2.75, 3.05) is 12.0 Å². The number of rotatable bonds is 4. The summed E-state index contributed by atoms with van der Waals surface area (Å²) in [5, 5.41) is 10.8. The van der Waals surface area contributed by atoms with Gasteiger partial charge in [-0.05, 0) is 54.6 Å². The number of carbonyl (C=O) groups is 2. The van der Waals surface area contributed by atoms with Crippen LogP contribution in [0.2, 0.25) is 5.02 Å². The number of hydrogen-bond acceptors (Lipinski definition) is 5. The third kappa shape index (κ3) is 3.64. The predicted molar refractivity (Wildman–Crippen MR) is 113 cm³/mol. The van der Waals surface area contributed by atoms with Crippen LogP contribution in [-0.4, -0.2) is 28.9 Å². The molecule has 2 heterocycles. The molecule has 3 aromatic rings. The number of pyridine rings is 1. The maximum absolute atomic E-state index is 13.7. The number of anilines is 1. The Morgan fingerprint density at radius 3 is 2.48 bits per heavy atom. The average molecular weight is 439 g/mol. The summed E-state index contributed by atoms with van der Waals surface area (Å²) in [6.45, 7) is 0. The van der Waals surface area contributed by atoms with Crippen LogP contribution in [0.5, 0.6) is 5.75 Å². The fraction of sp³-hybridized carbons (Fsp3) is 0.0870. The summed E-state index contributed by atoms with van der Waals surface area (Å²) in [6.07, 6.45) is 1.51. The van der Waals surface area contributed by atoms with E-state index in [2.05, 4.69) is 4.98 Å². The Labute approximate surface area is 182 Å². The van der Waals surface area contributed by atoms with E-state index in [0.29, 0.717) is 17.0 Å². The molecule has 31 heavy (non-hydrogen) atoms. The molecule has 0 bridgehead atoms. The minimum Gasteiger partial charge on any atom is -0.507 e. The second-order valence-electron chi connectivity index (χ2n) is 6.75. The lowest BCUT2D eigenvalue weighted by atomic mass is 9.98. The highest BCUT2D eigenvalue weighted by Gasteiger charge is 2.47. The van der Waals surface area contributed by atoms with Gasteiger partial charge < -0.3 is 9.84 Å². The van der Waals surface area contributed by atoms with Crippen molar-refractivity contribution in [2.24, 2.45) is 0 Å². The molecule has 1 N–H and O–H groups in total. The molecule has 1 atom stereocenters. The first-order valence-corrected chi connectivity index (χ1v) is 9.61. The van der Waals surface area contributed by atoms with Crippen molar-refractivity contribution in [3.8, 4) is 5.75 Å². The van der Waals surface area contributed by atoms with Crippen LogP contribution in [0, 0.1) is 5.82 Å². The largest absolute Gasteiger partial charge is 0.507 e. The number of aromatic nitrogens is 1. The number of benzene rings is 2. The van der Waals surface area contributed by atoms with Crippen LogP contribution in [0.15, 0.2) is 72.4 Å². The summed E-state index contributed by atoms with van der Waals surface area (Å²) in [5.41, 5.74) is 0.765. The van der Waals surface area contributed by atoms with E-state index in [1.54, 1.807) is 42.5 Å². The van der Waals surface area contributed by atoms with Gasteiger partial charge in [0.2, 0.25) is 0 Å². The Kier molecular flexibility index (Phi) is 5.44. The van der Waals surface area contributed by atoms with Crippen molar-refractivity contribution in [1.82, 2.24) is 4.98 Å². The molecule has 1 aliphatic heterocycles. The molecule has 1 fully saturated rings. The van der Waals surface area contributed by atoms with Gasteiger partial charge in [0.05, 0.1) is 23.4 Å². The summed E-state index contributed by atoms with van der Waals surface area (Å²) in [7, 11) is 1.51. The van der Waals surface area contributed by atoms with Gasteiger partial charge >= 0.3 is 0 Å². The zero-order chi connectivity index (χ0) is 22.1. The van der Waals surface area contributed by atoms with E-state index in [0.717, 1.165) is 11.0 Å². The molecule has 0 radical (unpaired) electrons. The van der Waals surface area contributed by atoms with Crippen molar-refractivity contribution in [1.29, 1.82) is 0 Å². The van der Waals surface area contributed by atoms with E-state index in [1.807, 2.05) is 0 Å². The van der Waals surface area contributed by atoms with Gasteiger partial charge in [-0.25, -0.2) is 4.39 Å². The predicted octanol–water partition coefficient (Wildman–Crippen LogP) is 4.51. The maximum Gasteiger partial charge on any atom is 0.300 e. The summed E-state index contributed by atoms with van der Waals surface area (Å²) >= 11 is 5.91. The van der Waals surface area contributed by atoms with E-state index in [9.17, 15) is 19.1 Å². The molecular weight excluding hydrogens is 423 g/mol. The third-order valence-corrected chi connectivity index (χ3v) is 5.25. The van der Waals surface area contributed by atoms with Gasteiger partial charge in [0.1, 0.15) is 23.4 Å². The monoisotopic (exact) mass is 438 g/mol. The fourth-order valence-corrected chi connectivity index (χ4v) is 3.63. The number of halogens is 2. The molecule has 156 valence electrons. The first-order valence-electron chi connectivity index (χ1n) is 9.23. The number of ketones is 1. The Balaban J connectivity index is 1.92. The van der Waals surface area contributed by atoms with E-state index < -0.39 is 23.5 Å². The topological polar surface area (TPSA) is 79.7 Å². The van der Waals surface area contributed by atoms with Gasteiger partial charge in [-0.1, -0.05) is 17.7 Å². The van der Waals surface area contributed by atoms with Gasteiger partial charge in [-0.15, -0.1) is 0 Å². The average Bonchev–Trinajstić information content (AvgIpc) is 3.06. The number of carbonyl (C=O) groups excluding carboxylic acids is 2. The van der Waals surface area contributed by atoms with Gasteiger partial charge in [-0.2, -0.15) is 0 Å². The van der Waals surface area contributed by atoms with Crippen LogP contribution in [-0.2, 0) is 9.59 Å². The van der Waals surface area contributed by atoms with Gasteiger partial charge in [0.15, 0.2) is 0 Å². The molecule has 1 unspecified atom stereocenters. The smallest absolute Gasteiger partial charge is 0.300 e. The molecule has 1 aliphatic rings. The van der Waals surface area contributed by atoms with Gasteiger partial charge in [0, 0.05) is 17.4 Å². The van der Waals surface area contributed by atoms with Gasteiger partial charge in [0.25, 0.3) is 11.7 Å². The Morgan fingerprint density at radius 1 is 1.13 bits per heavy atom. The lowest BCUT2D eigenvalue weighted by Crippen LogP contribution is -2.29. The third-order valence-electron chi connectivity index (χ3n) is 4.96. The number of aliphatic hydroxyl groups is 1. The normalized spacial score (nSPS) is 17.8. The zero-order valence-electron chi connectivity index (χ0n) is 16.3. The first-order chi connectivity index (χ1) is 14.9. The molecule has 0 aliphatic carbocycles. The Hall–Kier alpha value is -3.71. The molecule has 6 nitrogen and oxygen atoms in total. The molecule has 8 heteroatoms. The lowest BCUT2D eigenvalue weighted by Gasteiger charge is -2.24. The number of ether oxygens (including phenoxy) is 1. The van der Waals surface area contributed by atoms with Crippen molar-refractivity contribution in [3.63, 3.8) is 0 Å². The van der Waals surface area contributed by atoms with E-state index in [4.69, 9.17) is 16.3 Å². The summed E-state index contributed by atoms with van der Waals surface area (Å²) < 4.78 is 18.8. The highest BCUT2D eigenvalue weighted by atomic mass is 35.5. The van der Waals surface area contributed by atoms with E-state index in [-0.39, 0.29) is 22.0 Å². The number of nitrogens with zero attached hydrogens (tertiary/aromatic N) is 2. The molecule has 1 amide bonds. The van der Waals surface area contributed by atoms with Crippen molar-refractivity contribution in [3.05, 3.63) is 94.5 Å². The van der Waals surface area contributed by atoms with Crippen molar-refractivity contribution in [2.45, 2.75) is 6.04 Å². The van der Waals surface area contributed by atoms with E-state index in [1.165, 1.54) is 25.4 Å². The number of aliphatic hydroxyl groups excluding tert-OH is 1. The van der Waals surface area contributed by atoms with Crippen molar-refractivity contribution >= 4 is 34.7 Å². The standard InChI is InChI=1S/C23H16ClFN2O4/c1-31-15-8-5-13(6-9-15)21(28)19-20(18-4-2-3-11-26-18)27(23(30)22(19)29)14-7-10-17(25)16(24)12-14/h2-12,20,28H,1H3/b21-19+. The molecule has 0 saturated carbocycles. The van der Waals surface area contributed by atoms with Crippen LogP contribution in [0.3, 0.4) is 0 Å². The van der Waals surface area contributed by atoms with Gasteiger partial charge in [-0.3, -0.25) is 19.5 Å². The zero-order valence-corrected chi connectivity index (χ0v) is 17.0. The fourth-order valence-electron chi connectivity index (χ4n) is 3.46. The Morgan fingerprint density at radius 2 is 1.87 bits per heavy atom. The molecular formula is C23H16ClFN2O4. The van der Waals surface area contributed by atoms with Crippen LogP contribution >= 0.6 is 11.6 Å².